The van der Waals surface area contributed by atoms with Crippen molar-refractivity contribution in [2.24, 2.45) is 0 Å². The van der Waals surface area contributed by atoms with Gasteiger partial charge in [0.05, 0.1) is 6.54 Å². The van der Waals surface area contributed by atoms with Crippen molar-refractivity contribution in [3.8, 4) is 0 Å². The molecule has 6 nitrogen and oxygen atoms in total. The summed E-state index contributed by atoms with van der Waals surface area (Å²) in [6.45, 7) is 0.588. The minimum absolute atomic E-state index is 0.0611. The van der Waals surface area contributed by atoms with E-state index in [2.05, 4.69) is 20.9 Å². The van der Waals surface area contributed by atoms with Crippen molar-refractivity contribution in [1.82, 2.24) is 10.6 Å². The molecule has 0 aliphatic carbocycles. The van der Waals surface area contributed by atoms with Crippen LogP contribution >= 0.6 is 0 Å². The molecule has 0 aliphatic rings. The molecule has 3 amide bonds. The van der Waals surface area contributed by atoms with Gasteiger partial charge in [-0.1, -0.05) is 36.4 Å². The Balaban J connectivity index is 2.02. The lowest BCUT2D eigenvalue weighted by molar-refractivity contribution is -0.119. The maximum atomic E-state index is 11.9. The van der Waals surface area contributed by atoms with E-state index in [1.54, 1.807) is 0 Å². The zero-order valence-corrected chi connectivity index (χ0v) is 13.9. The number of nitrogens with zero attached hydrogens (tertiary/aromatic N) is 1. The normalized spacial score (nSPS) is 9.92. The van der Waals surface area contributed by atoms with Crippen molar-refractivity contribution < 1.29 is 9.59 Å². The van der Waals surface area contributed by atoms with Gasteiger partial charge in [0.25, 0.3) is 0 Å². The fourth-order valence-electron chi connectivity index (χ4n) is 2.22. The van der Waals surface area contributed by atoms with E-state index in [4.69, 9.17) is 0 Å². The van der Waals surface area contributed by atoms with E-state index >= 15 is 0 Å². The maximum absolute atomic E-state index is 11.9. The molecule has 0 heterocycles. The number of nitrogens with one attached hydrogen (secondary N) is 3. The summed E-state index contributed by atoms with van der Waals surface area (Å²) in [4.78, 5) is 25.2. The Morgan fingerprint density at radius 3 is 2.38 bits per heavy atom. The first kappa shape index (κ1) is 17.3. The molecule has 0 fully saturated rings. The van der Waals surface area contributed by atoms with E-state index in [9.17, 15) is 9.59 Å². The van der Waals surface area contributed by atoms with E-state index in [0.29, 0.717) is 6.54 Å². The van der Waals surface area contributed by atoms with E-state index < -0.39 is 6.03 Å². The van der Waals surface area contributed by atoms with Crippen LogP contribution in [0.15, 0.2) is 54.6 Å². The smallest absolute Gasteiger partial charge is 0.319 e. The van der Waals surface area contributed by atoms with Crippen LogP contribution in [0.4, 0.5) is 16.2 Å². The second-order valence-corrected chi connectivity index (χ2v) is 5.33. The highest BCUT2D eigenvalue weighted by molar-refractivity contribution is 5.92. The Labute approximate surface area is 141 Å². The molecule has 0 saturated heterocycles. The molecule has 0 spiro atoms. The lowest BCUT2D eigenvalue weighted by Gasteiger charge is -2.21. The number of urea groups is 1. The highest BCUT2D eigenvalue weighted by Crippen LogP contribution is 2.20. The summed E-state index contributed by atoms with van der Waals surface area (Å²) in [5.41, 5.74) is 2.80. The van der Waals surface area contributed by atoms with Gasteiger partial charge >= 0.3 is 6.03 Å². The molecular formula is C18H22N4O2. The third kappa shape index (κ3) is 5.01. The van der Waals surface area contributed by atoms with E-state index in [0.717, 1.165) is 16.9 Å². The van der Waals surface area contributed by atoms with Crippen LogP contribution in [-0.4, -0.2) is 32.6 Å². The number of carbonyl (C=O) groups is 2. The highest BCUT2D eigenvalue weighted by Gasteiger charge is 2.09. The number of carbonyl (C=O) groups excluding carboxylic acids is 2. The van der Waals surface area contributed by atoms with Gasteiger partial charge in [0, 0.05) is 32.0 Å². The zero-order valence-electron chi connectivity index (χ0n) is 13.9. The molecular weight excluding hydrogens is 304 g/mol. The fourth-order valence-corrected chi connectivity index (χ4v) is 2.22. The fraction of sp³-hybridized carbons (Fsp3) is 0.222. The Morgan fingerprint density at radius 2 is 1.67 bits per heavy atom. The van der Waals surface area contributed by atoms with Gasteiger partial charge in [-0.2, -0.15) is 0 Å². The predicted molar refractivity (Wildman–Crippen MR) is 96.1 cm³/mol. The van der Waals surface area contributed by atoms with Crippen LogP contribution in [0.5, 0.6) is 0 Å². The summed E-state index contributed by atoms with van der Waals surface area (Å²) in [6, 6.07) is 17.2. The highest BCUT2D eigenvalue weighted by atomic mass is 16.2. The van der Waals surface area contributed by atoms with Crippen molar-refractivity contribution in [3.05, 3.63) is 60.2 Å². The molecule has 0 atom stereocenters. The van der Waals surface area contributed by atoms with Crippen LogP contribution in [-0.2, 0) is 11.3 Å². The number of likely N-dealkylation sites (N-methyl/N-ethyl adjacent to an activating group) is 1. The SMILES string of the molecule is CNC(=O)CNC(=O)Nc1ccccc1CN(C)c1ccccc1. The summed E-state index contributed by atoms with van der Waals surface area (Å²) in [7, 11) is 3.52. The molecule has 0 unspecified atom stereocenters. The third-order valence-electron chi connectivity index (χ3n) is 3.56. The summed E-state index contributed by atoms with van der Waals surface area (Å²) in [5.74, 6) is -0.248. The first-order chi connectivity index (χ1) is 11.6. The van der Waals surface area contributed by atoms with Crippen molar-refractivity contribution in [1.29, 1.82) is 0 Å². The van der Waals surface area contributed by atoms with E-state index in [1.165, 1.54) is 7.05 Å². The number of hydrogen-bond donors (Lipinski definition) is 3. The summed E-state index contributed by atoms with van der Waals surface area (Å²) in [5, 5.41) is 7.76. The molecule has 2 rings (SSSR count). The second-order valence-electron chi connectivity index (χ2n) is 5.33. The van der Waals surface area contributed by atoms with Gasteiger partial charge in [-0.25, -0.2) is 4.79 Å². The summed E-state index contributed by atoms with van der Waals surface area (Å²) < 4.78 is 0. The van der Waals surface area contributed by atoms with E-state index in [-0.39, 0.29) is 12.5 Å². The van der Waals surface area contributed by atoms with E-state index in [1.807, 2.05) is 61.6 Å². The summed E-state index contributed by atoms with van der Waals surface area (Å²) >= 11 is 0. The minimum Gasteiger partial charge on any atom is -0.370 e. The van der Waals surface area contributed by atoms with Crippen LogP contribution in [0.1, 0.15) is 5.56 Å². The van der Waals surface area contributed by atoms with Crippen LogP contribution < -0.4 is 20.9 Å². The van der Waals surface area contributed by atoms with Crippen LogP contribution in [0, 0.1) is 0 Å². The van der Waals surface area contributed by atoms with Crippen molar-refractivity contribution in [3.63, 3.8) is 0 Å². The number of amides is 3. The molecule has 2 aromatic carbocycles. The number of rotatable bonds is 6. The van der Waals surface area contributed by atoms with Crippen LogP contribution in [0.2, 0.25) is 0 Å². The topological polar surface area (TPSA) is 73.5 Å². The number of para-hydroxylation sites is 2. The van der Waals surface area contributed by atoms with Gasteiger partial charge in [-0.3, -0.25) is 4.79 Å². The lowest BCUT2D eigenvalue weighted by atomic mass is 10.1. The molecule has 3 N–H and O–H groups in total. The van der Waals surface area contributed by atoms with Crippen LogP contribution in [0.25, 0.3) is 0 Å². The molecule has 0 saturated carbocycles. The van der Waals surface area contributed by atoms with Crippen LogP contribution in [0.3, 0.4) is 0 Å². The van der Waals surface area contributed by atoms with Gasteiger partial charge in [0.1, 0.15) is 0 Å². The lowest BCUT2D eigenvalue weighted by Crippen LogP contribution is -2.37. The molecule has 2 aromatic rings. The Morgan fingerprint density at radius 1 is 1.00 bits per heavy atom. The van der Waals surface area contributed by atoms with Gasteiger partial charge in [0.15, 0.2) is 0 Å². The number of anilines is 2. The zero-order chi connectivity index (χ0) is 17.4. The largest absolute Gasteiger partial charge is 0.370 e. The molecule has 0 aromatic heterocycles. The Bertz CT molecular complexity index is 688. The van der Waals surface area contributed by atoms with Gasteiger partial charge in [-0.05, 0) is 23.8 Å². The first-order valence-electron chi connectivity index (χ1n) is 7.69. The number of benzene rings is 2. The van der Waals surface area contributed by atoms with Crippen molar-refractivity contribution in [2.45, 2.75) is 6.54 Å². The minimum atomic E-state index is -0.409. The molecule has 0 aliphatic heterocycles. The Hall–Kier alpha value is -3.02. The van der Waals surface area contributed by atoms with Gasteiger partial charge in [-0.15, -0.1) is 0 Å². The quantitative estimate of drug-likeness (QED) is 0.762. The first-order valence-corrected chi connectivity index (χ1v) is 7.69. The number of hydrogen-bond acceptors (Lipinski definition) is 3. The van der Waals surface area contributed by atoms with Gasteiger partial charge < -0.3 is 20.9 Å². The van der Waals surface area contributed by atoms with Crippen molar-refractivity contribution >= 4 is 23.3 Å². The standard InChI is InChI=1S/C18H22N4O2/c1-19-17(23)12-20-18(24)21-16-11-7-6-8-14(16)13-22(2)15-9-4-3-5-10-15/h3-11H,12-13H2,1-2H3,(H,19,23)(H2,20,21,24). The second kappa shape index (κ2) is 8.57. The average molecular weight is 326 g/mol. The average Bonchev–Trinajstić information content (AvgIpc) is 2.62. The third-order valence-corrected chi connectivity index (χ3v) is 3.56. The van der Waals surface area contributed by atoms with Crippen molar-refractivity contribution in [2.75, 3.05) is 30.9 Å². The molecule has 126 valence electrons. The molecule has 6 heteroatoms. The molecule has 24 heavy (non-hydrogen) atoms. The molecule has 0 bridgehead atoms. The predicted octanol–water partition coefficient (Wildman–Crippen LogP) is 2.19. The summed E-state index contributed by atoms with van der Waals surface area (Å²) in [6.07, 6.45) is 0. The van der Waals surface area contributed by atoms with Gasteiger partial charge in [0.2, 0.25) is 5.91 Å². The monoisotopic (exact) mass is 326 g/mol. The Kier molecular flexibility index (Phi) is 6.19. The molecule has 0 radical (unpaired) electrons. The maximum Gasteiger partial charge on any atom is 0.319 e.